The van der Waals surface area contributed by atoms with Gasteiger partial charge in [-0.25, -0.2) is 4.79 Å². The number of benzene rings is 2. The monoisotopic (exact) mass is 565 g/mol. The van der Waals surface area contributed by atoms with E-state index < -0.39 is 18.7 Å². The first-order valence-corrected chi connectivity index (χ1v) is 12.7. The number of carbonyl (C=O) groups is 1. The standard InChI is InChI=1S/C27H23Cl2F2NO6/c28-19-12-32-13-20(29)18(19)11-23(16-3-5-21-24(9-16)35-8-7-34-21)37-26(33)17-4-6-22(38-27(30)31)25(10-17)36-14-15-1-2-15/h3-6,9-10,12-13,15,23,27H,1-2,7-8,11,14H2. The fourth-order valence-corrected chi connectivity index (χ4v) is 4.46. The Hall–Kier alpha value is -3.30. The molecule has 2 aliphatic rings. The minimum absolute atomic E-state index is 0.0442. The molecule has 0 saturated heterocycles. The molecule has 0 N–H and O–H groups in total. The van der Waals surface area contributed by atoms with Crippen molar-refractivity contribution in [1.29, 1.82) is 0 Å². The highest BCUT2D eigenvalue weighted by Gasteiger charge is 2.26. The lowest BCUT2D eigenvalue weighted by atomic mass is 10.0. The highest BCUT2D eigenvalue weighted by molar-refractivity contribution is 6.35. The molecule has 1 saturated carbocycles. The maximum absolute atomic E-state index is 13.3. The van der Waals surface area contributed by atoms with Gasteiger partial charge in [0.2, 0.25) is 0 Å². The Bertz CT molecular complexity index is 1300. The van der Waals surface area contributed by atoms with Gasteiger partial charge in [-0.05, 0) is 60.2 Å². The Morgan fingerprint density at radius 2 is 1.74 bits per heavy atom. The van der Waals surface area contributed by atoms with Crippen molar-refractivity contribution >= 4 is 29.2 Å². The molecule has 1 unspecified atom stereocenters. The molecule has 2 heterocycles. The number of nitrogens with zero attached hydrogens (tertiary/aromatic N) is 1. The number of hydrogen-bond donors (Lipinski definition) is 0. The predicted molar refractivity (Wildman–Crippen MR) is 135 cm³/mol. The Morgan fingerprint density at radius 3 is 2.45 bits per heavy atom. The molecule has 3 aromatic rings. The summed E-state index contributed by atoms with van der Waals surface area (Å²) in [6.07, 6.45) is 4.23. The maximum Gasteiger partial charge on any atom is 0.387 e. The molecule has 1 aliphatic carbocycles. The number of hydrogen-bond acceptors (Lipinski definition) is 7. The first-order valence-electron chi connectivity index (χ1n) is 12.0. The van der Waals surface area contributed by atoms with Gasteiger partial charge >= 0.3 is 12.6 Å². The molecule has 0 radical (unpaired) electrons. The van der Waals surface area contributed by atoms with E-state index in [-0.39, 0.29) is 23.5 Å². The van der Waals surface area contributed by atoms with Crippen LogP contribution in [0.3, 0.4) is 0 Å². The van der Waals surface area contributed by atoms with E-state index in [4.69, 9.17) is 42.1 Å². The first kappa shape index (κ1) is 26.3. The van der Waals surface area contributed by atoms with E-state index in [2.05, 4.69) is 9.72 Å². The highest BCUT2D eigenvalue weighted by Crippen LogP contribution is 2.38. The van der Waals surface area contributed by atoms with Crippen LogP contribution in [0.1, 0.15) is 40.4 Å². The molecule has 2 aromatic carbocycles. The number of esters is 1. The first-order chi connectivity index (χ1) is 18.4. The van der Waals surface area contributed by atoms with Crippen LogP contribution in [0, 0.1) is 5.92 Å². The van der Waals surface area contributed by atoms with Gasteiger partial charge in [0, 0.05) is 18.8 Å². The molecule has 1 atom stereocenters. The van der Waals surface area contributed by atoms with Gasteiger partial charge in [-0.3, -0.25) is 4.98 Å². The van der Waals surface area contributed by atoms with E-state index >= 15 is 0 Å². The molecule has 0 amide bonds. The smallest absolute Gasteiger partial charge is 0.387 e. The molecule has 0 bridgehead atoms. The van der Waals surface area contributed by atoms with Crippen LogP contribution in [0.25, 0.3) is 0 Å². The predicted octanol–water partition coefficient (Wildman–Crippen LogP) is 6.69. The van der Waals surface area contributed by atoms with Crippen LogP contribution in [0.2, 0.25) is 10.0 Å². The van der Waals surface area contributed by atoms with Crippen LogP contribution < -0.4 is 18.9 Å². The van der Waals surface area contributed by atoms with Crippen molar-refractivity contribution in [2.45, 2.75) is 32.0 Å². The average Bonchev–Trinajstić information content (AvgIpc) is 3.73. The summed E-state index contributed by atoms with van der Waals surface area (Å²) in [7, 11) is 0. The van der Waals surface area contributed by atoms with E-state index in [1.54, 1.807) is 18.2 Å². The van der Waals surface area contributed by atoms with Crippen molar-refractivity contribution in [3.05, 3.63) is 75.5 Å². The summed E-state index contributed by atoms with van der Waals surface area (Å²) in [4.78, 5) is 17.3. The third-order valence-electron chi connectivity index (χ3n) is 6.10. The van der Waals surface area contributed by atoms with E-state index in [0.29, 0.717) is 58.4 Å². The third kappa shape index (κ3) is 6.39. The van der Waals surface area contributed by atoms with E-state index in [0.717, 1.165) is 12.8 Å². The number of carbonyl (C=O) groups excluding carboxylic acids is 1. The molecule has 0 spiro atoms. The summed E-state index contributed by atoms with van der Waals surface area (Å²) in [6, 6.07) is 9.19. The van der Waals surface area contributed by atoms with Gasteiger partial charge in [0.15, 0.2) is 23.0 Å². The van der Waals surface area contributed by atoms with E-state index in [1.165, 1.54) is 30.6 Å². The lowest BCUT2D eigenvalue weighted by molar-refractivity contribution is -0.0515. The molecule has 1 aliphatic heterocycles. The Balaban J connectivity index is 1.43. The molecule has 38 heavy (non-hydrogen) atoms. The second kappa shape index (κ2) is 11.6. The maximum atomic E-state index is 13.3. The minimum atomic E-state index is -3.04. The lowest BCUT2D eigenvalue weighted by Gasteiger charge is -2.23. The highest BCUT2D eigenvalue weighted by atomic mass is 35.5. The Kier molecular flexibility index (Phi) is 8.04. The summed E-state index contributed by atoms with van der Waals surface area (Å²) in [5.74, 6) is 0.646. The molecular weight excluding hydrogens is 543 g/mol. The summed E-state index contributed by atoms with van der Waals surface area (Å²) in [5.41, 5.74) is 1.27. The fraction of sp³-hybridized carbons (Fsp3) is 0.333. The third-order valence-corrected chi connectivity index (χ3v) is 6.75. The van der Waals surface area contributed by atoms with Gasteiger partial charge in [0.05, 0.1) is 22.2 Å². The number of rotatable bonds is 10. The van der Waals surface area contributed by atoms with Crippen LogP contribution in [-0.2, 0) is 11.2 Å². The van der Waals surface area contributed by atoms with Gasteiger partial charge in [-0.2, -0.15) is 8.78 Å². The molecule has 200 valence electrons. The molecule has 1 fully saturated rings. The summed E-state index contributed by atoms with van der Waals surface area (Å²) < 4.78 is 53.3. The van der Waals surface area contributed by atoms with Gasteiger partial charge < -0.3 is 23.7 Å². The number of fused-ring (bicyclic) bond motifs is 1. The van der Waals surface area contributed by atoms with Crippen LogP contribution >= 0.6 is 23.2 Å². The van der Waals surface area contributed by atoms with Crippen LogP contribution in [0.15, 0.2) is 48.8 Å². The second-order valence-corrected chi connectivity index (χ2v) is 9.69. The second-order valence-electron chi connectivity index (χ2n) is 8.88. The SMILES string of the molecule is O=C(OC(Cc1c(Cl)cncc1Cl)c1ccc2c(c1)OCCO2)c1ccc(OC(F)F)c(OCC2CC2)c1. The number of halogens is 4. The zero-order valence-corrected chi connectivity index (χ0v) is 21.5. The average molecular weight is 566 g/mol. The van der Waals surface area contributed by atoms with Gasteiger partial charge in [0.25, 0.3) is 0 Å². The molecule has 5 rings (SSSR count). The van der Waals surface area contributed by atoms with Crippen molar-refractivity contribution in [2.24, 2.45) is 5.92 Å². The number of ether oxygens (including phenoxy) is 5. The fourth-order valence-electron chi connectivity index (χ4n) is 3.94. The van der Waals surface area contributed by atoms with Crippen molar-refractivity contribution in [3.63, 3.8) is 0 Å². The number of aromatic nitrogens is 1. The molecular formula is C27H23Cl2F2NO6. The molecule has 1 aromatic heterocycles. The Labute approximate surface area is 227 Å². The molecule has 7 nitrogen and oxygen atoms in total. The van der Waals surface area contributed by atoms with E-state index in [1.807, 2.05) is 0 Å². The largest absolute Gasteiger partial charge is 0.489 e. The van der Waals surface area contributed by atoms with Crippen LogP contribution in [0.5, 0.6) is 23.0 Å². The summed E-state index contributed by atoms with van der Waals surface area (Å²) in [5, 5.41) is 0.640. The molecule has 11 heteroatoms. The van der Waals surface area contributed by atoms with Crippen LogP contribution in [-0.4, -0.2) is 37.4 Å². The van der Waals surface area contributed by atoms with Crippen molar-refractivity contribution < 1.29 is 37.3 Å². The van der Waals surface area contributed by atoms with Gasteiger partial charge in [-0.15, -0.1) is 0 Å². The van der Waals surface area contributed by atoms with Crippen molar-refractivity contribution in [2.75, 3.05) is 19.8 Å². The van der Waals surface area contributed by atoms with Gasteiger partial charge in [-0.1, -0.05) is 29.3 Å². The lowest BCUT2D eigenvalue weighted by Crippen LogP contribution is -2.18. The van der Waals surface area contributed by atoms with Crippen molar-refractivity contribution in [1.82, 2.24) is 4.98 Å². The summed E-state index contributed by atoms with van der Waals surface area (Å²) in [6.45, 7) is -1.87. The van der Waals surface area contributed by atoms with Gasteiger partial charge in [0.1, 0.15) is 19.3 Å². The van der Waals surface area contributed by atoms with Crippen LogP contribution in [0.4, 0.5) is 8.78 Å². The Morgan fingerprint density at radius 1 is 1.00 bits per heavy atom. The topological polar surface area (TPSA) is 76.1 Å². The minimum Gasteiger partial charge on any atom is -0.489 e. The zero-order chi connectivity index (χ0) is 26.6. The normalized spacial score (nSPS) is 15.2. The van der Waals surface area contributed by atoms with E-state index in [9.17, 15) is 13.6 Å². The quantitative estimate of drug-likeness (QED) is 0.253. The van der Waals surface area contributed by atoms with Crippen molar-refractivity contribution in [3.8, 4) is 23.0 Å². The zero-order valence-electron chi connectivity index (χ0n) is 20.0. The number of alkyl halides is 2. The summed E-state index contributed by atoms with van der Waals surface area (Å²) >= 11 is 12.7. The number of pyridine rings is 1.